The largest absolute Gasteiger partial charge is 0.419 e. The molecule has 1 aromatic heterocycles. The maximum absolute atomic E-state index is 12.9. The first kappa shape index (κ1) is 15.2. The van der Waals surface area contributed by atoms with Crippen molar-refractivity contribution in [3.63, 3.8) is 0 Å². The molecule has 1 saturated heterocycles. The number of anilines is 1. The highest BCUT2D eigenvalue weighted by molar-refractivity contribution is 7.80. The summed E-state index contributed by atoms with van der Waals surface area (Å²) < 4.78 is 38.7. The number of nitrogens with zero attached hydrogens (tertiary/aromatic N) is 3. The molecule has 1 aromatic rings. The standard InChI is InChI=1S/C12H9F3N4OS/c1-11(2)9(20)19(10(21)18-11)6-3-7(12(13,14)15)8(4-16)17-5-6/h3,5H,1-2H3,(H,18,21). The van der Waals surface area contributed by atoms with E-state index in [1.165, 1.54) is 6.07 Å². The Kier molecular flexibility index (Phi) is 3.37. The summed E-state index contributed by atoms with van der Waals surface area (Å²) in [5.41, 5.74) is -3.10. The van der Waals surface area contributed by atoms with Gasteiger partial charge in [0, 0.05) is 0 Å². The Bertz CT molecular complexity index is 678. The minimum Gasteiger partial charge on any atom is -0.348 e. The predicted octanol–water partition coefficient (Wildman–Crippen LogP) is 1.97. The van der Waals surface area contributed by atoms with Crippen LogP contribution in [0.25, 0.3) is 0 Å². The fourth-order valence-corrected chi connectivity index (χ4v) is 2.31. The molecule has 0 spiro atoms. The van der Waals surface area contributed by atoms with Gasteiger partial charge in [-0.3, -0.25) is 9.69 Å². The molecule has 21 heavy (non-hydrogen) atoms. The maximum atomic E-state index is 12.9. The van der Waals surface area contributed by atoms with E-state index in [9.17, 15) is 18.0 Å². The van der Waals surface area contributed by atoms with Crippen molar-refractivity contribution in [2.45, 2.75) is 25.6 Å². The Hall–Kier alpha value is -2.21. The predicted molar refractivity (Wildman–Crippen MR) is 71.3 cm³/mol. The molecule has 2 heterocycles. The normalized spacial score (nSPS) is 17.6. The van der Waals surface area contributed by atoms with Gasteiger partial charge in [0.2, 0.25) is 0 Å². The lowest BCUT2D eigenvalue weighted by Crippen LogP contribution is -2.40. The Morgan fingerprint density at radius 3 is 2.52 bits per heavy atom. The highest BCUT2D eigenvalue weighted by Gasteiger charge is 2.44. The molecule has 0 bridgehead atoms. The second-order valence-corrected chi connectivity index (χ2v) is 5.28. The number of amides is 1. The Labute approximate surface area is 123 Å². The Balaban J connectivity index is 2.55. The molecule has 1 amide bonds. The van der Waals surface area contributed by atoms with E-state index in [1.807, 2.05) is 0 Å². The number of aromatic nitrogens is 1. The minimum atomic E-state index is -4.75. The van der Waals surface area contributed by atoms with E-state index in [4.69, 9.17) is 17.5 Å². The van der Waals surface area contributed by atoms with Crippen LogP contribution in [-0.4, -0.2) is 21.5 Å². The third-order valence-electron chi connectivity index (χ3n) is 2.90. The number of nitrogens with one attached hydrogen (secondary N) is 1. The molecule has 0 aromatic carbocycles. The van der Waals surface area contributed by atoms with Crippen LogP contribution >= 0.6 is 12.2 Å². The van der Waals surface area contributed by atoms with Crippen LogP contribution in [0.1, 0.15) is 25.1 Å². The lowest BCUT2D eigenvalue weighted by atomic mass is 10.1. The van der Waals surface area contributed by atoms with E-state index in [2.05, 4.69) is 10.3 Å². The first-order valence-corrected chi connectivity index (χ1v) is 6.13. The summed E-state index contributed by atoms with van der Waals surface area (Å²) >= 11 is 4.97. The molecular weight excluding hydrogens is 305 g/mol. The van der Waals surface area contributed by atoms with Crippen LogP contribution in [0.15, 0.2) is 12.3 Å². The van der Waals surface area contributed by atoms with Gasteiger partial charge >= 0.3 is 6.18 Å². The topological polar surface area (TPSA) is 69.0 Å². The van der Waals surface area contributed by atoms with E-state index >= 15 is 0 Å². The van der Waals surface area contributed by atoms with Crippen LogP contribution in [0, 0.1) is 11.3 Å². The summed E-state index contributed by atoms with van der Waals surface area (Å²) in [4.78, 5) is 16.6. The van der Waals surface area contributed by atoms with Crippen molar-refractivity contribution in [1.82, 2.24) is 10.3 Å². The molecule has 0 aliphatic carbocycles. The Morgan fingerprint density at radius 2 is 2.10 bits per heavy atom. The van der Waals surface area contributed by atoms with Gasteiger partial charge in [0.15, 0.2) is 10.8 Å². The van der Waals surface area contributed by atoms with Gasteiger partial charge in [-0.2, -0.15) is 18.4 Å². The number of alkyl halides is 3. The quantitative estimate of drug-likeness (QED) is 0.803. The molecule has 0 saturated carbocycles. The number of hydrogen-bond donors (Lipinski definition) is 1. The number of halogens is 3. The van der Waals surface area contributed by atoms with Crippen LogP contribution in [0.3, 0.4) is 0 Å². The van der Waals surface area contributed by atoms with Gasteiger partial charge in [-0.25, -0.2) is 4.98 Å². The average molecular weight is 314 g/mol. The summed E-state index contributed by atoms with van der Waals surface area (Å²) in [6, 6.07) is 2.07. The highest BCUT2D eigenvalue weighted by atomic mass is 32.1. The van der Waals surface area contributed by atoms with Crippen molar-refractivity contribution in [1.29, 1.82) is 5.26 Å². The van der Waals surface area contributed by atoms with Crippen molar-refractivity contribution in [2.24, 2.45) is 0 Å². The zero-order valence-electron chi connectivity index (χ0n) is 10.9. The average Bonchev–Trinajstić information content (AvgIpc) is 2.56. The Morgan fingerprint density at radius 1 is 1.48 bits per heavy atom. The molecule has 0 atom stereocenters. The first-order chi connectivity index (χ1) is 9.58. The highest BCUT2D eigenvalue weighted by Crippen LogP contribution is 2.34. The molecule has 5 nitrogen and oxygen atoms in total. The number of pyridine rings is 1. The number of hydrogen-bond acceptors (Lipinski definition) is 4. The zero-order chi connectivity index (χ0) is 16.0. The molecule has 1 aliphatic heterocycles. The number of carbonyl (C=O) groups excluding carboxylic acids is 1. The van der Waals surface area contributed by atoms with Crippen LogP contribution < -0.4 is 10.2 Å². The van der Waals surface area contributed by atoms with Gasteiger partial charge in [-0.15, -0.1) is 0 Å². The minimum absolute atomic E-state index is 0.00960. The van der Waals surface area contributed by atoms with Crippen molar-refractivity contribution < 1.29 is 18.0 Å². The summed E-state index contributed by atoms with van der Waals surface area (Å²) in [7, 11) is 0. The summed E-state index contributed by atoms with van der Waals surface area (Å²) in [6.45, 7) is 3.12. The third kappa shape index (κ3) is 2.54. The van der Waals surface area contributed by atoms with Crippen molar-refractivity contribution in [3.05, 3.63) is 23.5 Å². The van der Waals surface area contributed by atoms with E-state index in [0.717, 1.165) is 11.1 Å². The fourth-order valence-electron chi connectivity index (χ4n) is 1.86. The zero-order valence-corrected chi connectivity index (χ0v) is 11.8. The number of nitriles is 1. The SMILES string of the molecule is CC1(C)NC(=S)N(c2cnc(C#N)c(C(F)(F)F)c2)C1=O. The molecule has 1 N–H and O–H groups in total. The molecule has 1 fully saturated rings. The fraction of sp³-hybridized carbons (Fsp3) is 0.333. The van der Waals surface area contributed by atoms with E-state index in [-0.39, 0.29) is 10.8 Å². The number of thiocarbonyl (C=S) groups is 1. The molecular formula is C12H9F3N4OS. The number of rotatable bonds is 1. The lowest BCUT2D eigenvalue weighted by molar-refractivity contribution is -0.138. The van der Waals surface area contributed by atoms with Gasteiger partial charge in [0.05, 0.1) is 17.4 Å². The molecule has 9 heteroatoms. The van der Waals surface area contributed by atoms with Gasteiger partial charge in [-0.1, -0.05) is 0 Å². The second kappa shape index (κ2) is 4.66. The molecule has 2 rings (SSSR count). The van der Waals surface area contributed by atoms with Gasteiger partial charge in [-0.05, 0) is 32.1 Å². The van der Waals surface area contributed by atoms with Crippen LogP contribution in [0.5, 0.6) is 0 Å². The van der Waals surface area contributed by atoms with Crippen molar-refractivity contribution in [3.8, 4) is 6.07 Å². The second-order valence-electron chi connectivity index (χ2n) is 4.89. The van der Waals surface area contributed by atoms with Gasteiger partial charge < -0.3 is 5.32 Å². The lowest BCUT2D eigenvalue weighted by Gasteiger charge is -2.18. The summed E-state index contributed by atoms with van der Waals surface area (Å²) in [5, 5.41) is 11.4. The third-order valence-corrected chi connectivity index (χ3v) is 3.19. The van der Waals surface area contributed by atoms with Crippen LogP contribution in [-0.2, 0) is 11.0 Å². The van der Waals surface area contributed by atoms with Gasteiger partial charge in [0.25, 0.3) is 5.91 Å². The van der Waals surface area contributed by atoms with Crippen molar-refractivity contribution >= 4 is 28.9 Å². The summed E-state index contributed by atoms with van der Waals surface area (Å²) in [6.07, 6.45) is -3.73. The first-order valence-electron chi connectivity index (χ1n) is 5.72. The van der Waals surface area contributed by atoms with Crippen molar-refractivity contribution in [2.75, 3.05) is 4.90 Å². The van der Waals surface area contributed by atoms with E-state index in [0.29, 0.717) is 6.07 Å². The van der Waals surface area contributed by atoms with Gasteiger partial charge in [0.1, 0.15) is 11.6 Å². The van der Waals surface area contributed by atoms with E-state index < -0.39 is 28.9 Å². The maximum Gasteiger partial charge on any atom is 0.419 e. The van der Waals surface area contributed by atoms with Crippen LogP contribution in [0.2, 0.25) is 0 Å². The molecule has 1 aliphatic rings. The monoisotopic (exact) mass is 314 g/mol. The van der Waals surface area contributed by atoms with E-state index in [1.54, 1.807) is 13.8 Å². The van der Waals surface area contributed by atoms with Crippen LogP contribution in [0.4, 0.5) is 18.9 Å². The smallest absolute Gasteiger partial charge is 0.348 e. The molecule has 0 radical (unpaired) electrons. The summed E-state index contributed by atoms with van der Waals surface area (Å²) in [5.74, 6) is -0.493. The number of carbonyl (C=O) groups is 1. The molecule has 0 unspecified atom stereocenters. The molecule has 110 valence electrons.